The fourth-order valence-electron chi connectivity index (χ4n) is 16.4. The van der Waals surface area contributed by atoms with Gasteiger partial charge in [0.05, 0.1) is 16.8 Å². The van der Waals surface area contributed by atoms with Gasteiger partial charge in [0.2, 0.25) is 0 Å². The highest BCUT2D eigenvalue weighted by Gasteiger charge is 2.53. The molecule has 0 saturated carbocycles. The van der Waals surface area contributed by atoms with Gasteiger partial charge >= 0.3 is 0 Å². The van der Waals surface area contributed by atoms with Crippen LogP contribution < -0.4 is 26.2 Å². The topological polar surface area (TPSA) is 6.48 Å². The number of hydrogen-bond donors (Lipinski definition) is 0. The molecule has 0 bridgehead atoms. The van der Waals surface area contributed by atoms with Gasteiger partial charge in [-0.15, -0.1) is 0 Å². The lowest BCUT2D eigenvalue weighted by Crippen LogP contribution is -2.61. The van der Waals surface area contributed by atoms with Gasteiger partial charge in [-0.25, -0.2) is 0 Å². The predicted molar refractivity (Wildman–Crippen MR) is 400 cm³/mol. The smallest absolute Gasteiger partial charge is 0.252 e. The van der Waals surface area contributed by atoms with E-state index in [1.807, 2.05) is 0 Å². The molecule has 17 rings (SSSR count). The van der Waals surface area contributed by atoms with Crippen LogP contribution in [0.3, 0.4) is 0 Å². The number of rotatable bonds is 7. The van der Waals surface area contributed by atoms with E-state index >= 15 is 0 Å². The van der Waals surface area contributed by atoms with Gasteiger partial charge < -0.3 is 9.80 Å². The van der Waals surface area contributed by atoms with Gasteiger partial charge in [0.25, 0.3) is 6.71 Å². The summed E-state index contributed by atoms with van der Waals surface area (Å²) in [5.74, 6) is 0. The fourth-order valence-corrected chi connectivity index (χ4v) is 16.4. The monoisotopic (exact) mass is 1210 g/mol. The van der Waals surface area contributed by atoms with E-state index in [4.69, 9.17) is 0 Å². The van der Waals surface area contributed by atoms with Crippen LogP contribution in [-0.4, -0.2) is 6.71 Å². The molecule has 452 valence electrons. The molecule has 0 radical (unpaired) electrons. The first-order valence-electron chi connectivity index (χ1n) is 33.6. The van der Waals surface area contributed by atoms with Gasteiger partial charge in [0.15, 0.2) is 0 Å². The van der Waals surface area contributed by atoms with Crippen LogP contribution in [0.1, 0.15) is 101 Å². The van der Waals surface area contributed by atoms with E-state index < -0.39 is 5.41 Å². The van der Waals surface area contributed by atoms with E-state index in [0.29, 0.717) is 0 Å². The quantitative estimate of drug-likeness (QED) is 0.147. The van der Waals surface area contributed by atoms with Crippen molar-refractivity contribution in [3.63, 3.8) is 0 Å². The fraction of sp³-hybridized carbons (Fsp3) is 0.143. The molecule has 3 heteroatoms. The van der Waals surface area contributed by atoms with E-state index in [-0.39, 0.29) is 23.0 Å². The molecule has 2 heterocycles. The summed E-state index contributed by atoms with van der Waals surface area (Å²) in [5, 5.41) is 0. The molecular weight excluding hydrogens is 1130 g/mol. The highest BCUT2D eigenvalue weighted by Crippen LogP contribution is 2.65. The molecule has 0 unspecified atom stereocenters. The molecule has 0 fully saturated rings. The molecule has 2 aliphatic carbocycles. The summed E-state index contributed by atoms with van der Waals surface area (Å²) in [6, 6.07) is 112. The van der Waals surface area contributed by atoms with Gasteiger partial charge in [0.1, 0.15) is 0 Å². The van der Waals surface area contributed by atoms with Crippen molar-refractivity contribution in [2.24, 2.45) is 0 Å². The highest BCUT2D eigenvalue weighted by molar-refractivity contribution is 7.00. The molecule has 0 saturated heterocycles. The van der Waals surface area contributed by atoms with Gasteiger partial charge in [-0.2, -0.15) is 0 Å². The van der Waals surface area contributed by atoms with E-state index in [1.54, 1.807) is 0 Å². The van der Waals surface area contributed by atoms with Crippen molar-refractivity contribution >= 4 is 57.2 Å². The standard InChI is InChI=1S/C91H75BN2/c1-88(2,3)64-47-43-58(44-48-64)62-46-51-81-79(53-62)92-78-50-45-63(67-36-25-39-73-72-35-21-24-42-77(72)91(85(67)73)75-40-22-19-33-70(75)71-34-20-23-41-76(71)91)54-82(78)93(80-52-49-65(89(4,5)6)55-74(80)61-31-17-12-18-32-61)83-56-66(90(7,8)9)57-84(86(83)92)94(81)87-68(59-27-13-10-14-28-59)37-26-38-69(87)60-29-15-11-16-30-60/h10-57H,1-9H3. The zero-order valence-electron chi connectivity index (χ0n) is 55.2. The third kappa shape index (κ3) is 8.77. The Balaban J connectivity index is 1.01. The first kappa shape index (κ1) is 57.4. The van der Waals surface area contributed by atoms with E-state index in [2.05, 4.69) is 363 Å². The summed E-state index contributed by atoms with van der Waals surface area (Å²) >= 11 is 0. The molecule has 0 atom stereocenters. The van der Waals surface area contributed by atoms with Crippen LogP contribution in [0.2, 0.25) is 0 Å². The van der Waals surface area contributed by atoms with Crippen molar-refractivity contribution in [1.29, 1.82) is 0 Å². The molecule has 4 aliphatic rings. The zero-order valence-corrected chi connectivity index (χ0v) is 55.2. The summed E-state index contributed by atoms with van der Waals surface area (Å²) in [4.78, 5) is 5.38. The van der Waals surface area contributed by atoms with E-state index in [1.165, 1.54) is 156 Å². The zero-order chi connectivity index (χ0) is 64.0. The van der Waals surface area contributed by atoms with Crippen LogP contribution in [0.15, 0.2) is 291 Å². The van der Waals surface area contributed by atoms with E-state index in [0.717, 1.165) is 11.4 Å². The second-order valence-electron chi connectivity index (χ2n) is 29.6. The second-order valence-corrected chi connectivity index (χ2v) is 29.6. The predicted octanol–water partition coefficient (Wildman–Crippen LogP) is 22.3. The average molecular weight is 1210 g/mol. The normalized spacial score (nSPS) is 13.8. The molecule has 94 heavy (non-hydrogen) atoms. The van der Waals surface area contributed by atoms with Crippen LogP contribution in [0, 0.1) is 0 Å². The van der Waals surface area contributed by atoms with Gasteiger partial charge in [-0.05, 0) is 169 Å². The Kier molecular flexibility index (Phi) is 13.0. The third-order valence-electron chi connectivity index (χ3n) is 21.0. The SMILES string of the molecule is CC(C)(C)c1ccc(-c2ccc3c(c2)B2c4ccc(-c5cccc6c5C5(c7ccccc7-c7ccccc75)c5ccccc5-6)cc4N(c4ccc(C(C)(C)C)cc4-c4ccccc4)c4cc(C(C)(C)C)cc(c42)N3c2c(-c3ccccc3)cccc2-c2ccccc2)cc1. The Hall–Kier alpha value is -10.5. The Bertz CT molecular complexity index is 5070. The maximum Gasteiger partial charge on any atom is 0.252 e. The first-order chi connectivity index (χ1) is 45.6. The Morgan fingerprint density at radius 1 is 0.255 bits per heavy atom. The van der Waals surface area contributed by atoms with Crippen molar-refractivity contribution in [1.82, 2.24) is 0 Å². The van der Waals surface area contributed by atoms with Gasteiger partial charge in [0, 0.05) is 39.4 Å². The van der Waals surface area contributed by atoms with E-state index in [9.17, 15) is 0 Å². The number of fused-ring (bicyclic) bond motifs is 14. The number of benzene rings is 13. The van der Waals surface area contributed by atoms with Crippen molar-refractivity contribution in [3.05, 3.63) is 330 Å². The Morgan fingerprint density at radius 3 is 1.24 bits per heavy atom. The number of para-hydroxylation sites is 1. The summed E-state index contributed by atoms with van der Waals surface area (Å²) in [5.41, 5.74) is 36.3. The van der Waals surface area contributed by atoms with Crippen LogP contribution in [-0.2, 0) is 21.7 Å². The van der Waals surface area contributed by atoms with Gasteiger partial charge in [-0.1, -0.05) is 317 Å². The number of nitrogens with zero attached hydrogens (tertiary/aromatic N) is 2. The van der Waals surface area contributed by atoms with Crippen LogP contribution >= 0.6 is 0 Å². The minimum atomic E-state index is -0.542. The second kappa shape index (κ2) is 21.3. The number of hydrogen-bond acceptors (Lipinski definition) is 2. The molecular formula is C91H75BN2. The number of anilines is 6. The van der Waals surface area contributed by atoms with Crippen molar-refractivity contribution in [3.8, 4) is 77.9 Å². The summed E-state index contributed by atoms with van der Waals surface area (Å²) in [6.07, 6.45) is 0. The van der Waals surface area contributed by atoms with Crippen molar-refractivity contribution in [2.75, 3.05) is 9.80 Å². The summed E-state index contributed by atoms with van der Waals surface area (Å²) < 4.78 is 0. The summed E-state index contributed by atoms with van der Waals surface area (Å²) in [7, 11) is 0. The van der Waals surface area contributed by atoms with Gasteiger partial charge in [-0.3, -0.25) is 0 Å². The maximum absolute atomic E-state index is 2.70. The molecule has 2 nitrogen and oxygen atoms in total. The van der Waals surface area contributed by atoms with Crippen molar-refractivity contribution in [2.45, 2.75) is 84.0 Å². The molecule has 0 N–H and O–H groups in total. The minimum absolute atomic E-state index is 0.0178. The minimum Gasteiger partial charge on any atom is -0.311 e. The molecule has 13 aromatic carbocycles. The van der Waals surface area contributed by atoms with Crippen molar-refractivity contribution < 1.29 is 0 Å². The third-order valence-corrected chi connectivity index (χ3v) is 21.0. The molecule has 1 spiro atoms. The largest absolute Gasteiger partial charge is 0.311 e. The lowest BCUT2D eigenvalue weighted by molar-refractivity contribution is 0.590. The first-order valence-corrected chi connectivity index (χ1v) is 33.6. The maximum atomic E-state index is 2.70. The molecule has 2 aliphatic heterocycles. The highest BCUT2D eigenvalue weighted by atomic mass is 15.2. The van der Waals surface area contributed by atoms with Crippen LogP contribution in [0.4, 0.5) is 34.1 Å². The van der Waals surface area contributed by atoms with Crippen LogP contribution in [0.5, 0.6) is 0 Å². The van der Waals surface area contributed by atoms with Crippen LogP contribution in [0.25, 0.3) is 77.9 Å². The Labute approximate surface area is 555 Å². The molecule has 13 aromatic rings. The molecule has 0 aromatic heterocycles. The lowest BCUT2D eigenvalue weighted by atomic mass is 9.33. The average Bonchev–Trinajstić information content (AvgIpc) is 1.14. The summed E-state index contributed by atoms with van der Waals surface area (Å²) in [6.45, 7) is 20.9. The molecule has 0 amide bonds. The Morgan fingerprint density at radius 2 is 0.691 bits per heavy atom. The lowest BCUT2D eigenvalue weighted by Gasteiger charge is -2.46.